The molecule has 0 amide bonds. The van der Waals surface area contributed by atoms with Crippen LogP contribution in [0, 0.1) is 0 Å². The van der Waals surface area contributed by atoms with Crippen LogP contribution in [0.25, 0.3) is 0 Å². The van der Waals surface area contributed by atoms with E-state index >= 15 is 0 Å². The van der Waals surface area contributed by atoms with E-state index in [4.69, 9.17) is 0 Å². The van der Waals surface area contributed by atoms with E-state index in [-0.39, 0.29) is 6.34 Å². The van der Waals surface area contributed by atoms with E-state index in [1.807, 2.05) is 0 Å². The fourth-order valence-corrected chi connectivity index (χ4v) is 31.2. The Kier molecular flexibility index (Phi) is 4.97. The SMILES string of the molecule is CC[C]1([Hf]([N](C)C)([N](C)C)[C]2(CC)C=CC=C2)C=CC=C1. The van der Waals surface area contributed by atoms with Gasteiger partial charge in [0.15, 0.2) is 0 Å². The van der Waals surface area contributed by atoms with E-state index in [9.17, 15) is 0 Å². The Morgan fingerprint density at radius 2 is 0.952 bits per heavy atom. The van der Waals surface area contributed by atoms with Gasteiger partial charge in [0, 0.05) is 0 Å². The Balaban J connectivity index is 2.77. The molecule has 21 heavy (non-hydrogen) atoms. The molecule has 0 spiro atoms. The summed E-state index contributed by atoms with van der Waals surface area (Å²) in [5, 5.41) is 0. The monoisotopic (exact) mass is 454 g/mol. The molecule has 2 rings (SSSR count). The number of allylic oxidation sites excluding steroid dienone is 8. The Morgan fingerprint density at radius 3 is 1.14 bits per heavy atom. The number of nitrogens with zero attached hydrogens (tertiary/aromatic N) is 2. The quantitative estimate of drug-likeness (QED) is 0.548. The Bertz CT molecular complexity index is 427. The first-order chi connectivity index (χ1) is 9.92. The summed E-state index contributed by atoms with van der Waals surface area (Å²) in [7, 11) is 9.26. The second-order valence-corrected chi connectivity index (χ2v) is 24.6. The minimum atomic E-state index is -3.23. The molecule has 0 N–H and O–H groups in total. The molecule has 0 radical (unpaired) electrons. The Labute approximate surface area is 136 Å². The van der Waals surface area contributed by atoms with Gasteiger partial charge in [-0.2, -0.15) is 0 Å². The summed E-state index contributed by atoms with van der Waals surface area (Å²) in [5.41, 5.74) is 0. The fraction of sp³-hybridized carbons (Fsp3) is 0.556. The predicted molar refractivity (Wildman–Crippen MR) is 89.9 cm³/mol. The normalized spacial score (nSPS) is 22.1. The molecule has 116 valence electrons. The minimum absolute atomic E-state index is 0.231. The molecular formula is C18H30HfN2. The van der Waals surface area contributed by atoms with Crippen LogP contribution in [0.15, 0.2) is 48.6 Å². The zero-order chi connectivity index (χ0) is 15.7. The summed E-state index contributed by atoms with van der Waals surface area (Å²) in [6, 6.07) is 0. The van der Waals surface area contributed by atoms with Crippen molar-refractivity contribution >= 4 is 0 Å². The van der Waals surface area contributed by atoms with E-state index < -0.39 is 20.5 Å². The van der Waals surface area contributed by atoms with Crippen molar-refractivity contribution < 1.29 is 20.5 Å². The second-order valence-electron chi connectivity index (χ2n) is 6.69. The topological polar surface area (TPSA) is 6.48 Å². The van der Waals surface area contributed by atoms with Gasteiger partial charge in [-0.3, -0.25) is 0 Å². The Morgan fingerprint density at radius 1 is 0.667 bits per heavy atom. The van der Waals surface area contributed by atoms with Gasteiger partial charge in [0.2, 0.25) is 0 Å². The van der Waals surface area contributed by atoms with Crippen LogP contribution in [-0.4, -0.2) is 34.0 Å². The van der Waals surface area contributed by atoms with Gasteiger partial charge in [-0.15, -0.1) is 0 Å². The molecule has 0 bridgehead atoms. The van der Waals surface area contributed by atoms with Crippen LogP contribution in [0.5, 0.6) is 0 Å². The summed E-state index contributed by atoms with van der Waals surface area (Å²) < 4.78 is 5.74. The molecule has 0 aromatic rings. The summed E-state index contributed by atoms with van der Waals surface area (Å²) >= 11 is -3.23. The number of hydrogen-bond donors (Lipinski definition) is 0. The molecule has 0 fully saturated rings. The molecule has 0 aromatic carbocycles. The van der Waals surface area contributed by atoms with Crippen molar-refractivity contribution in [1.29, 1.82) is 0 Å². The standard InChI is InChI=1S/2C7H9.2C2H6N.Hf/c2*1-2-7-5-3-4-6-7;2*1-3-2;/h2*3-6H,2H2,1H3;2*1-2H3;/q;;2*-1;+2. The van der Waals surface area contributed by atoms with Crippen LogP contribution in [0.3, 0.4) is 0 Å². The van der Waals surface area contributed by atoms with Crippen molar-refractivity contribution in [3.63, 3.8) is 0 Å². The average Bonchev–Trinajstić information content (AvgIpc) is 3.09. The third-order valence-corrected chi connectivity index (χ3v) is 29.1. The van der Waals surface area contributed by atoms with Crippen LogP contribution in [0.1, 0.15) is 26.7 Å². The van der Waals surface area contributed by atoms with Gasteiger partial charge in [-0.05, 0) is 0 Å². The van der Waals surface area contributed by atoms with E-state index in [1.165, 1.54) is 12.8 Å². The number of hydrogen-bond acceptors (Lipinski definition) is 2. The summed E-state index contributed by atoms with van der Waals surface area (Å²) in [5.74, 6) is 0. The molecule has 0 unspecified atom stereocenters. The molecule has 2 nitrogen and oxygen atoms in total. The first kappa shape index (κ1) is 17.1. The first-order valence-corrected chi connectivity index (χ1v) is 14.8. The molecule has 0 saturated carbocycles. The fourth-order valence-electron chi connectivity index (χ4n) is 4.95. The van der Waals surface area contributed by atoms with E-state index in [0.29, 0.717) is 0 Å². The van der Waals surface area contributed by atoms with Crippen molar-refractivity contribution in [1.82, 2.24) is 5.78 Å². The van der Waals surface area contributed by atoms with Crippen molar-refractivity contribution in [2.75, 3.05) is 28.2 Å². The molecule has 3 heteroatoms. The third-order valence-electron chi connectivity index (χ3n) is 5.56. The van der Waals surface area contributed by atoms with Crippen LogP contribution < -0.4 is 0 Å². The molecule has 0 atom stereocenters. The van der Waals surface area contributed by atoms with Gasteiger partial charge in [0.05, 0.1) is 0 Å². The molecule has 2 aliphatic rings. The van der Waals surface area contributed by atoms with Crippen LogP contribution in [0.2, 0.25) is 6.34 Å². The van der Waals surface area contributed by atoms with E-state index in [0.717, 1.165) is 0 Å². The number of rotatable bonds is 6. The third kappa shape index (κ3) is 2.15. The van der Waals surface area contributed by atoms with Gasteiger partial charge in [0.25, 0.3) is 0 Å². The van der Waals surface area contributed by atoms with Gasteiger partial charge >= 0.3 is 136 Å². The van der Waals surface area contributed by atoms with Gasteiger partial charge < -0.3 is 0 Å². The van der Waals surface area contributed by atoms with Gasteiger partial charge in [-0.1, -0.05) is 0 Å². The van der Waals surface area contributed by atoms with Crippen LogP contribution in [0.4, 0.5) is 0 Å². The molecular weight excluding hydrogens is 423 g/mol. The second kappa shape index (κ2) is 6.10. The first-order valence-electron chi connectivity index (χ1n) is 8.01. The summed E-state index contributed by atoms with van der Waals surface area (Å²) in [6.45, 7) is 4.71. The van der Waals surface area contributed by atoms with Gasteiger partial charge in [-0.25, -0.2) is 0 Å². The summed E-state index contributed by atoms with van der Waals surface area (Å²) in [6.07, 6.45) is 21.4. The van der Waals surface area contributed by atoms with Crippen LogP contribution >= 0.6 is 0 Å². The maximum atomic E-state index is 2.64. The van der Waals surface area contributed by atoms with Crippen molar-refractivity contribution in [2.45, 2.75) is 33.0 Å². The van der Waals surface area contributed by atoms with Crippen molar-refractivity contribution in [3.8, 4) is 0 Å². The maximum absolute atomic E-state index is 3.23. The summed E-state index contributed by atoms with van der Waals surface area (Å²) in [4.78, 5) is 0. The zero-order valence-electron chi connectivity index (χ0n) is 14.4. The molecule has 2 aliphatic carbocycles. The molecule has 0 aromatic heterocycles. The van der Waals surface area contributed by atoms with Crippen molar-refractivity contribution in [2.24, 2.45) is 0 Å². The average molecular weight is 453 g/mol. The van der Waals surface area contributed by atoms with Gasteiger partial charge in [0.1, 0.15) is 0 Å². The zero-order valence-corrected chi connectivity index (χ0v) is 18.0. The van der Waals surface area contributed by atoms with Crippen LogP contribution in [-0.2, 0) is 20.5 Å². The molecule has 0 aliphatic heterocycles. The molecule has 0 heterocycles. The van der Waals surface area contributed by atoms with E-state index in [1.54, 1.807) is 0 Å². The van der Waals surface area contributed by atoms with Crippen molar-refractivity contribution in [3.05, 3.63) is 48.6 Å². The molecule has 0 saturated heterocycles. The van der Waals surface area contributed by atoms with E-state index in [2.05, 4.69) is 96.4 Å². The predicted octanol–water partition coefficient (Wildman–Crippen LogP) is 4.48. The Hall–Kier alpha value is -0.250.